The van der Waals surface area contributed by atoms with Gasteiger partial charge < -0.3 is 25.6 Å². The summed E-state index contributed by atoms with van der Waals surface area (Å²) < 4.78 is 4.93. The molecule has 0 aliphatic rings. The van der Waals surface area contributed by atoms with Gasteiger partial charge in [-0.1, -0.05) is 11.2 Å². The summed E-state index contributed by atoms with van der Waals surface area (Å²) in [4.78, 5) is 0. The lowest BCUT2D eigenvalue weighted by Crippen LogP contribution is -2.19. The van der Waals surface area contributed by atoms with Gasteiger partial charge in [-0.25, -0.2) is 0 Å². The number of nitrogens with two attached hydrogens (primary N) is 1. The van der Waals surface area contributed by atoms with E-state index in [-0.39, 0.29) is 18.8 Å². The third-order valence-electron chi connectivity index (χ3n) is 2.65. The van der Waals surface area contributed by atoms with Crippen molar-refractivity contribution >= 4 is 16.8 Å². The van der Waals surface area contributed by atoms with Gasteiger partial charge in [0.05, 0.1) is 11.5 Å². The van der Waals surface area contributed by atoms with Crippen LogP contribution in [0.2, 0.25) is 0 Å². The maximum absolute atomic E-state index is 9.86. The van der Waals surface area contributed by atoms with Crippen LogP contribution in [0.4, 0.5) is 5.82 Å². The van der Waals surface area contributed by atoms with Crippen LogP contribution >= 0.6 is 0 Å². The highest BCUT2D eigenvalue weighted by atomic mass is 16.5. The molecule has 0 fully saturated rings. The summed E-state index contributed by atoms with van der Waals surface area (Å²) >= 11 is 0. The fourth-order valence-electron chi connectivity index (χ4n) is 1.67. The SMILES string of the molecule is Nc1noc2ccc(C(O)C(O)CCO)cc12. The van der Waals surface area contributed by atoms with Crippen molar-refractivity contribution in [2.75, 3.05) is 12.3 Å². The molecule has 2 unspecified atom stereocenters. The molecule has 6 heteroatoms. The second-order valence-electron chi connectivity index (χ2n) is 3.85. The van der Waals surface area contributed by atoms with E-state index >= 15 is 0 Å². The first-order valence-electron chi connectivity index (χ1n) is 5.25. The lowest BCUT2D eigenvalue weighted by Gasteiger charge is -2.17. The van der Waals surface area contributed by atoms with Gasteiger partial charge in [0, 0.05) is 6.61 Å². The lowest BCUT2D eigenvalue weighted by molar-refractivity contribution is 0.00428. The van der Waals surface area contributed by atoms with Crippen molar-refractivity contribution in [2.24, 2.45) is 0 Å². The van der Waals surface area contributed by atoms with E-state index in [1.807, 2.05) is 0 Å². The molecule has 0 radical (unpaired) electrons. The van der Waals surface area contributed by atoms with Crippen LogP contribution in [0, 0.1) is 0 Å². The van der Waals surface area contributed by atoms with Crippen molar-refractivity contribution in [3.8, 4) is 0 Å². The highest BCUT2D eigenvalue weighted by Crippen LogP contribution is 2.26. The number of fused-ring (bicyclic) bond motifs is 1. The molecule has 2 aromatic rings. The highest BCUT2D eigenvalue weighted by Gasteiger charge is 2.19. The fourth-order valence-corrected chi connectivity index (χ4v) is 1.67. The van der Waals surface area contributed by atoms with Gasteiger partial charge in [-0.3, -0.25) is 0 Å². The molecule has 0 amide bonds. The Morgan fingerprint density at radius 2 is 2.12 bits per heavy atom. The van der Waals surface area contributed by atoms with Crippen molar-refractivity contribution in [1.82, 2.24) is 5.16 Å². The van der Waals surface area contributed by atoms with E-state index in [0.717, 1.165) is 0 Å². The second kappa shape index (κ2) is 4.70. The van der Waals surface area contributed by atoms with Crippen molar-refractivity contribution in [3.05, 3.63) is 23.8 Å². The van der Waals surface area contributed by atoms with Gasteiger partial charge in [0.25, 0.3) is 0 Å². The summed E-state index contributed by atoms with van der Waals surface area (Å²) in [6, 6.07) is 4.87. The third-order valence-corrected chi connectivity index (χ3v) is 2.65. The summed E-state index contributed by atoms with van der Waals surface area (Å²) in [7, 11) is 0. The Balaban J connectivity index is 2.32. The molecule has 1 aromatic heterocycles. The Morgan fingerprint density at radius 3 is 2.82 bits per heavy atom. The molecule has 0 aliphatic heterocycles. The average molecular weight is 238 g/mol. The molecule has 5 N–H and O–H groups in total. The zero-order chi connectivity index (χ0) is 12.4. The molecule has 1 aromatic carbocycles. The highest BCUT2D eigenvalue weighted by molar-refractivity contribution is 5.87. The number of aliphatic hydroxyl groups excluding tert-OH is 3. The fraction of sp³-hybridized carbons (Fsp3) is 0.364. The predicted octanol–water partition coefficient (Wildman–Crippen LogP) is 0.187. The smallest absolute Gasteiger partial charge is 0.174 e. The van der Waals surface area contributed by atoms with E-state index in [2.05, 4.69) is 5.16 Å². The van der Waals surface area contributed by atoms with E-state index in [4.69, 9.17) is 15.4 Å². The summed E-state index contributed by atoms with van der Waals surface area (Å²) in [5, 5.41) is 32.3. The van der Waals surface area contributed by atoms with Gasteiger partial charge in [0.15, 0.2) is 11.4 Å². The van der Waals surface area contributed by atoms with E-state index < -0.39 is 12.2 Å². The van der Waals surface area contributed by atoms with Crippen LogP contribution in [0.3, 0.4) is 0 Å². The normalized spacial score (nSPS) is 15.0. The van der Waals surface area contributed by atoms with Crippen LogP contribution in [-0.2, 0) is 0 Å². The molecule has 0 saturated carbocycles. The molecule has 0 bridgehead atoms. The van der Waals surface area contributed by atoms with Crippen molar-refractivity contribution < 1.29 is 19.8 Å². The van der Waals surface area contributed by atoms with E-state index in [9.17, 15) is 10.2 Å². The molecule has 17 heavy (non-hydrogen) atoms. The topological polar surface area (TPSA) is 113 Å². The molecule has 1 heterocycles. The summed E-state index contributed by atoms with van der Waals surface area (Å²) in [6.07, 6.45) is -1.97. The summed E-state index contributed by atoms with van der Waals surface area (Å²) in [5.74, 6) is 0.241. The van der Waals surface area contributed by atoms with Gasteiger partial charge in [0.2, 0.25) is 0 Å². The zero-order valence-electron chi connectivity index (χ0n) is 9.08. The molecule has 6 nitrogen and oxygen atoms in total. The Labute approximate surface area is 97.3 Å². The van der Waals surface area contributed by atoms with Crippen LogP contribution in [0.1, 0.15) is 18.1 Å². The minimum absolute atomic E-state index is 0.109. The standard InChI is InChI=1S/C11H14N2O4/c12-11-7-5-6(1-2-9(7)17-13-11)10(16)8(15)3-4-14/h1-2,5,8,10,14-16H,3-4H2,(H2,12,13). The van der Waals surface area contributed by atoms with Gasteiger partial charge in [-0.05, 0) is 24.1 Å². The molecule has 0 spiro atoms. The van der Waals surface area contributed by atoms with Crippen LogP contribution in [-0.4, -0.2) is 33.2 Å². The van der Waals surface area contributed by atoms with Crippen molar-refractivity contribution in [2.45, 2.75) is 18.6 Å². The minimum Gasteiger partial charge on any atom is -0.396 e. The summed E-state index contributed by atoms with van der Waals surface area (Å²) in [6.45, 7) is -0.185. The molecular weight excluding hydrogens is 224 g/mol. The molecule has 2 atom stereocenters. The zero-order valence-corrected chi connectivity index (χ0v) is 9.08. The Bertz CT molecular complexity index is 511. The maximum atomic E-state index is 9.86. The van der Waals surface area contributed by atoms with Crippen molar-refractivity contribution in [1.29, 1.82) is 0 Å². The molecule has 0 aliphatic carbocycles. The number of aliphatic hydroxyl groups is 3. The number of anilines is 1. The van der Waals surface area contributed by atoms with Gasteiger partial charge >= 0.3 is 0 Å². The molecular formula is C11H14N2O4. The first-order valence-corrected chi connectivity index (χ1v) is 5.25. The van der Waals surface area contributed by atoms with Gasteiger partial charge in [0.1, 0.15) is 6.10 Å². The Hall–Kier alpha value is -1.63. The van der Waals surface area contributed by atoms with Crippen LogP contribution < -0.4 is 5.73 Å². The number of aromatic nitrogens is 1. The van der Waals surface area contributed by atoms with Crippen LogP contribution in [0.25, 0.3) is 11.0 Å². The maximum Gasteiger partial charge on any atom is 0.174 e. The monoisotopic (exact) mass is 238 g/mol. The Morgan fingerprint density at radius 1 is 1.35 bits per heavy atom. The number of benzene rings is 1. The number of nitrogen functional groups attached to an aromatic ring is 1. The first kappa shape index (κ1) is 11.8. The second-order valence-corrected chi connectivity index (χ2v) is 3.85. The predicted molar refractivity (Wildman–Crippen MR) is 61.1 cm³/mol. The summed E-state index contributed by atoms with van der Waals surface area (Å²) in [5.41, 5.74) is 6.62. The number of nitrogens with zero attached hydrogens (tertiary/aromatic N) is 1. The number of hydrogen-bond donors (Lipinski definition) is 4. The molecule has 2 rings (SSSR count). The van der Waals surface area contributed by atoms with Crippen LogP contribution in [0.15, 0.2) is 22.7 Å². The van der Waals surface area contributed by atoms with E-state index in [1.54, 1.807) is 18.2 Å². The molecule has 0 saturated heterocycles. The van der Waals surface area contributed by atoms with Crippen molar-refractivity contribution in [3.63, 3.8) is 0 Å². The largest absolute Gasteiger partial charge is 0.396 e. The quantitative estimate of drug-likeness (QED) is 0.604. The average Bonchev–Trinajstić information content (AvgIpc) is 2.70. The first-order chi connectivity index (χ1) is 8.13. The van der Waals surface area contributed by atoms with Gasteiger partial charge in [-0.2, -0.15) is 0 Å². The van der Waals surface area contributed by atoms with Crippen LogP contribution in [0.5, 0.6) is 0 Å². The molecule has 92 valence electrons. The number of hydrogen-bond acceptors (Lipinski definition) is 6. The lowest BCUT2D eigenvalue weighted by atomic mass is 10.0. The van der Waals surface area contributed by atoms with E-state index in [1.165, 1.54) is 0 Å². The van der Waals surface area contributed by atoms with E-state index in [0.29, 0.717) is 16.5 Å². The third kappa shape index (κ3) is 2.23. The number of rotatable bonds is 4. The van der Waals surface area contributed by atoms with Gasteiger partial charge in [-0.15, -0.1) is 0 Å². The Kier molecular flexibility index (Phi) is 3.28. The minimum atomic E-state index is -1.07.